The molecule has 0 saturated carbocycles. The van der Waals surface area contributed by atoms with Crippen molar-refractivity contribution in [1.82, 2.24) is 10.6 Å². The average molecular weight is 586 g/mol. The van der Waals surface area contributed by atoms with E-state index in [1.807, 2.05) is 0 Å². The first kappa shape index (κ1) is 34.3. The lowest BCUT2D eigenvalue weighted by molar-refractivity contribution is -0.323. The Bertz CT molecular complexity index is 837. The first-order valence-corrected chi connectivity index (χ1v) is 12.4. The molecule has 0 unspecified atom stereocenters. The van der Waals surface area contributed by atoms with Gasteiger partial charge in [0.2, 0.25) is 11.8 Å². The molecule has 18 heteroatoms. The molecule has 0 aromatic carbocycles. The van der Waals surface area contributed by atoms with Crippen LogP contribution in [0.25, 0.3) is 0 Å². The van der Waals surface area contributed by atoms with E-state index < -0.39 is 117 Å². The van der Waals surface area contributed by atoms with Crippen LogP contribution in [-0.2, 0) is 33.3 Å². The molecule has 40 heavy (non-hydrogen) atoms. The molecule has 18 nitrogen and oxygen atoms in total. The van der Waals surface area contributed by atoms with Crippen molar-refractivity contribution in [2.24, 2.45) is 5.73 Å². The van der Waals surface area contributed by atoms with E-state index >= 15 is 0 Å². The Morgan fingerprint density at radius 2 is 1.40 bits per heavy atom. The molecule has 232 valence electrons. The summed E-state index contributed by atoms with van der Waals surface area (Å²) < 4.78 is 22.5. The van der Waals surface area contributed by atoms with Gasteiger partial charge in [-0.15, -0.1) is 0 Å². The molecule has 12 N–H and O–H groups in total. The maximum atomic E-state index is 12.1. The molecule has 2 rings (SSSR count). The third-order valence-electron chi connectivity index (χ3n) is 6.52. The molecule has 0 aromatic rings. The Morgan fingerprint density at radius 3 is 1.88 bits per heavy atom. The van der Waals surface area contributed by atoms with Gasteiger partial charge in [-0.25, -0.2) is 0 Å². The average Bonchev–Trinajstić information content (AvgIpc) is 2.92. The van der Waals surface area contributed by atoms with Crippen molar-refractivity contribution in [2.45, 2.75) is 99.5 Å². The number of carbonyl (C=O) groups excluding carboxylic acids is 3. The number of rotatable bonds is 13. The number of nitrogens with two attached hydrogens (primary N) is 1. The number of aliphatic hydroxyl groups is 8. The fraction of sp³-hybridized carbons (Fsp3) is 0.864. The smallest absolute Gasteiger partial charge is 0.217 e. The van der Waals surface area contributed by atoms with Crippen molar-refractivity contribution >= 4 is 18.1 Å². The van der Waals surface area contributed by atoms with Gasteiger partial charge in [0.25, 0.3) is 0 Å². The van der Waals surface area contributed by atoms with Crippen LogP contribution in [0.5, 0.6) is 0 Å². The summed E-state index contributed by atoms with van der Waals surface area (Å²) in [5, 5.41) is 85.3. The molecule has 2 amide bonds. The predicted molar refractivity (Wildman–Crippen MR) is 128 cm³/mol. The Balaban J connectivity index is 2.52. The molecule has 2 saturated heterocycles. The number of aliphatic hydroxyl groups excluding tert-OH is 8. The highest BCUT2D eigenvalue weighted by atomic mass is 16.7. The third-order valence-corrected chi connectivity index (χ3v) is 6.52. The van der Waals surface area contributed by atoms with Crippen LogP contribution in [0, 0.1) is 0 Å². The second-order valence-corrected chi connectivity index (χ2v) is 9.53. The number of hydrogen-bond donors (Lipinski definition) is 11. The zero-order valence-electron chi connectivity index (χ0n) is 21.8. The summed E-state index contributed by atoms with van der Waals surface area (Å²) in [5.74, 6) is -1.45. The number of aldehydes is 1. The van der Waals surface area contributed by atoms with Crippen molar-refractivity contribution in [3.05, 3.63) is 0 Å². The first-order chi connectivity index (χ1) is 18.8. The highest BCUT2D eigenvalue weighted by Crippen LogP contribution is 2.28. The van der Waals surface area contributed by atoms with Gasteiger partial charge in [-0.05, 0) is 0 Å². The number of carbonyl (C=O) groups is 3. The van der Waals surface area contributed by atoms with Crippen LogP contribution in [0.3, 0.4) is 0 Å². The minimum atomic E-state index is -1.90. The quantitative estimate of drug-likeness (QED) is 0.0894. The van der Waals surface area contributed by atoms with E-state index in [0.717, 1.165) is 13.8 Å². The Morgan fingerprint density at radius 1 is 0.875 bits per heavy atom. The van der Waals surface area contributed by atoms with Crippen molar-refractivity contribution in [1.29, 1.82) is 0 Å². The van der Waals surface area contributed by atoms with Crippen molar-refractivity contribution < 1.29 is 74.2 Å². The number of nitrogens with one attached hydrogen (secondary N) is 2. The minimum Gasteiger partial charge on any atom is -0.394 e. The molecular weight excluding hydrogens is 546 g/mol. The van der Waals surface area contributed by atoms with Crippen molar-refractivity contribution in [3.8, 4) is 0 Å². The van der Waals surface area contributed by atoms with Crippen LogP contribution < -0.4 is 16.4 Å². The summed E-state index contributed by atoms with van der Waals surface area (Å²) >= 11 is 0. The fourth-order valence-corrected chi connectivity index (χ4v) is 4.41. The Labute approximate surface area is 228 Å². The lowest BCUT2D eigenvalue weighted by Crippen LogP contribution is -2.68. The van der Waals surface area contributed by atoms with Gasteiger partial charge in [-0.3, -0.25) is 9.59 Å². The molecule has 14 atom stereocenters. The first-order valence-electron chi connectivity index (χ1n) is 12.4. The van der Waals surface area contributed by atoms with E-state index in [1.54, 1.807) is 0 Å². The second kappa shape index (κ2) is 15.4. The van der Waals surface area contributed by atoms with Gasteiger partial charge in [0.05, 0.1) is 25.9 Å². The zero-order chi connectivity index (χ0) is 30.3. The van der Waals surface area contributed by atoms with Crippen LogP contribution >= 0.6 is 0 Å². The van der Waals surface area contributed by atoms with Gasteiger partial charge < -0.3 is 81.0 Å². The number of hydrogen-bond acceptors (Lipinski definition) is 16. The molecular formula is C22H39N3O15. The predicted octanol–water partition coefficient (Wildman–Crippen LogP) is -7.48. The van der Waals surface area contributed by atoms with Crippen molar-refractivity contribution in [2.75, 3.05) is 19.8 Å². The van der Waals surface area contributed by atoms with Crippen molar-refractivity contribution in [3.63, 3.8) is 0 Å². The summed E-state index contributed by atoms with van der Waals surface area (Å²) in [5.41, 5.74) is 5.91. The summed E-state index contributed by atoms with van der Waals surface area (Å²) in [6.07, 6.45) is -18.4. The SMILES string of the molecule is CC(=O)N[C@H]1[C@H](O[C@@H]([C@@H](O[C@@H]2O[C@H](CO)[C@@H](O)[C@H](O)[C@H]2N)[C@H](O)CO)[C@H](C=O)NC(C)=O)O[C@H](CO)[C@@H](O)[C@@H]1O. The highest BCUT2D eigenvalue weighted by molar-refractivity contribution is 5.77. The lowest BCUT2D eigenvalue weighted by Gasteiger charge is -2.46. The molecule has 0 radical (unpaired) electrons. The van der Waals surface area contributed by atoms with Gasteiger partial charge in [-0.2, -0.15) is 0 Å². The van der Waals surface area contributed by atoms with Crippen LogP contribution in [0.4, 0.5) is 0 Å². The van der Waals surface area contributed by atoms with E-state index in [4.69, 9.17) is 24.7 Å². The van der Waals surface area contributed by atoms with Gasteiger partial charge in [0.15, 0.2) is 12.6 Å². The summed E-state index contributed by atoms with van der Waals surface area (Å²) in [6, 6.07) is -4.67. The maximum Gasteiger partial charge on any atom is 0.217 e. The topological polar surface area (TPSA) is 300 Å². The molecule has 0 aromatic heterocycles. The van der Waals surface area contributed by atoms with E-state index in [9.17, 15) is 55.2 Å². The molecule has 2 aliphatic heterocycles. The van der Waals surface area contributed by atoms with Crippen LogP contribution in [0.2, 0.25) is 0 Å². The number of ether oxygens (including phenoxy) is 4. The molecule has 2 fully saturated rings. The monoisotopic (exact) mass is 585 g/mol. The van der Waals surface area contributed by atoms with E-state index in [-0.39, 0.29) is 6.29 Å². The van der Waals surface area contributed by atoms with Gasteiger partial charge in [-0.1, -0.05) is 0 Å². The standard InChI is InChI=1S/C22H39N3O15/c1-7(30)24-9(3-26)19(39-22-14(25-8(2)31)18(36)16(34)12(6-29)38-22)20(10(32)4-27)40-21-13(23)17(35)15(33)11(5-28)37-21/h3,9-22,27-29,32-36H,4-6,23H2,1-2H3,(H,24,30)(H,25,31)/t9-,10+,11+,12+,13+,14+,15+,16+,17+,18+,19+,20-,21-,22-/m0/s1. The van der Waals surface area contributed by atoms with Gasteiger partial charge in [0, 0.05) is 13.8 Å². The van der Waals surface area contributed by atoms with Crippen LogP contribution in [-0.4, -0.2) is 164 Å². The van der Waals surface area contributed by atoms with Gasteiger partial charge >= 0.3 is 0 Å². The van der Waals surface area contributed by atoms with Crippen LogP contribution in [0.15, 0.2) is 0 Å². The molecule has 2 aliphatic rings. The second-order valence-electron chi connectivity index (χ2n) is 9.53. The van der Waals surface area contributed by atoms with Gasteiger partial charge in [0.1, 0.15) is 73.3 Å². The summed E-state index contributed by atoms with van der Waals surface area (Å²) in [4.78, 5) is 35.8. The number of amides is 2. The summed E-state index contributed by atoms with van der Waals surface area (Å²) in [6.45, 7) is -0.483. The normalized spacial score (nSPS) is 37.6. The molecule has 0 bridgehead atoms. The minimum absolute atomic E-state index is 0.189. The maximum absolute atomic E-state index is 12.1. The summed E-state index contributed by atoms with van der Waals surface area (Å²) in [7, 11) is 0. The Hall–Kier alpha value is -1.91. The molecule has 0 aliphatic carbocycles. The Kier molecular flexibility index (Phi) is 13.2. The van der Waals surface area contributed by atoms with E-state index in [0.29, 0.717) is 0 Å². The largest absolute Gasteiger partial charge is 0.394 e. The lowest BCUT2D eigenvalue weighted by atomic mass is 9.95. The third kappa shape index (κ3) is 8.10. The zero-order valence-corrected chi connectivity index (χ0v) is 21.8. The fourth-order valence-electron chi connectivity index (χ4n) is 4.41. The van der Waals surface area contributed by atoms with E-state index in [1.165, 1.54) is 0 Å². The molecule has 0 spiro atoms. The highest BCUT2D eigenvalue weighted by Gasteiger charge is 2.50. The van der Waals surface area contributed by atoms with E-state index in [2.05, 4.69) is 10.6 Å². The van der Waals surface area contributed by atoms with Crippen LogP contribution in [0.1, 0.15) is 13.8 Å². The molecule has 2 heterocycles.